The monoisotopic (exact) mass is 560 g/mol. The van der Waals surface area contributed by atoms with Crippen LogP contribution in [0.1, 0.15) is 39.3 Å². The Morgan fingerprint density at radius 3 is 2.31 bits per heavy atom. The number of nitrogens with one attached hydrogen (secondary N) is 2. The van der Waals surface area contributed by atoms with E-state index >= 15 is 0 Å². The number of fused-ring (bicyclic) bond motifs is 2. The summed E-state index contributed by atoms with van der Waals surface area (Å²) in [5.74, 6) is 0.542. The van der Waals surface area contributed by atoms with E-state index in [0.717, 1.165) is 22.3 Å². The van der Waals surface area contributed by atoms with E-state index in [9.17, 15) is 14.4 Å². The number of aromatic nitrogens is 2. The van der Waals surface area contributed by atoms with Gasteiger partial charge in [0.25, 0.3) is 11.5 Å². The van der Waals surface area contributed by atoms with Crippen molar-refractivity contribution in [1.82, 2.24) is 9.55 Å². The normalized spacial score (nSPS) is 12.5. The Balaban J connectivity index is 1.27. The van der Waals surface area contributed by atoms with Gasteiger partial charge in [-0.3, -0.25) is 23.9 Å². The first kappa shape index (κ1) is 26.8. The number of rotatable bonds is 7. The van der Waals surface area contributed by atoms with Crippen LogP contribution in [0.5, 0.6) is 11.5 Å². The molecule has 6 rings (SSSR count). The zero-order valence-electron chi connectivity index (χ0n) is 23.1. The first-order valence-electron chi connectivity index (χ1n) is 13.5. The standard InChI is InChI=1S/C33H28N4O5/c1-41-30-18-23-26(15-16-34-27(23)19-31(30)42-2)35-20-11-13-21(14-12-20)36-32(39)25-17-24-28(9-6-10-29(24)38)37(33(25)40)22-7-4-3-5-8-22/h3-5,7-8,11-19H,6,9-10H2,1-2H3,(H,34,35)(H,36,39). The van der Waals surface area contributed by atoms with Crippen LogP contribution in [0.3, 0.4) is 0 Å². The highest BCUT2D eigenvalue weighted by Crippen LogP contribution is 2.35. The smallest absolute Gasteiger partial charge is 0.268 e. The average molecular weight is 561 g/mol. The van der Waals surface area contributed by atoms with Crippen LogP contribution in [0.4, 0.5) is 17.1 Å². The Hall–Kier alpha value is -5.44. The van der Waals surface area contributed by atoms with Gasteiger partial charge in [0.15, 0.2) is 17.3 Å². The van der Waals surface area contributed by atoms with Crippen LogP contribution in [0, 0.1) is 0 Å². The number of benzene rings is 3. The molecule has 0 fully saturated rings. The zero-order valence-corrected chi connectivity index (χ0v) is 23.1. The predicted molar refractivity (Wildman–Crippen MR) is 162 cm³/mol. The van der Waals surface area contributed by atoms with Crippen LogP contribution >= 0.6 is 0 Å². The van der Waals surface area contributed by atoms with Gasteiger partial charge < -0.3 is 20.1 Å². The lowest BCUT2D eigenvalue weighted by Gasteiger charge is -2.21. The molecule has 0 saturated carbocycles. The quantitative estimate of drug-likeness (QED) is 0.254. The highest BCUT2D eigenvalue weighted by atomic mass is 16.5. The number of carbonyl (C=O) groups is 2. The third kappa shape index (κ3) is 4.96. The topological polar surface area (TPSA) is 112 Å². The molecule has 0 radical (unpaired) electrons. The first-order valence-corrected chi connectivity index (χ1v) is 13.5. The van der Waals surface area contributed by atoms with E-state index in [1.807, 2.05) is 48.5 Å². The molecule has 0 spiro atoms. The number of hydrogen-bond donors (Lipinski definition) is 2. The minimum atomic E-state index is -0.576. The van der Waals surface area contributed by atoms with Gasteiger partial charge in [-0.1, -0.05) is 18.2 Å². The molecule has 0 bridgehead atoms. The zero-order chi connectivity index (χ0) is 29.2. The average Bonchev–Trinajstić information content (AvgIpc) is 3.01. The van der Waals surface area contributed by atoms with Crippen LogP contribution in [0.15, 0.2) is 89.9 Å². The van der Waals surface area contributed by atoms with Crippen LogP contribution < -0.4 is 25.7 Å². The summed E-state index contributed by atoms with van der Waals surface area (Å²) in [6.07, 6.45) is 3.36. The molecule has 42 heavy (non-hydrogen) atoms. The maximum absolute atomic E-state index is 13.6. The fourth-order valence-electron chi connectivity index (χ4n) is 5.28. The molecule has 9 nitrogen and oxygen atoms in total. The van der Waals surface area contributed by atoms with Crippen molar-refractivity contribution >= 4 is 39.7 Å². The van der Waals surface area contributed by atoms with E-state index in [1.54, 1.807) is 44.7 Å². The summed E-state index contributed by atoms with van der Waals surface area (Å²) in [6.45, 7) is 0. The second kappa shape index (κ2) is 11.2. The molecule has 0 unspecified atom stereocenters. The number of methoxy groups -OCH3 is 2. The fourth-order valence-corrected chi connectivity index (χ4v) is 5.28. The van der Waals surface area contributed by atoms with Gasteiger partial charge in [-0.05, 0) is 67.4 Å². The molecule has 210 valence electrons. The molecule has 0 aliphatic heterocycles. The molecule has 0 atom stereocenters. The third-order valence-electron chi connectivity index (χ3n) is 7.35. The minimum Gasteiger partial charge on any atom is -0.493 e. The molecule has 1 amide bonds. The Bertz CT molecular complexity index is 1880. The molecule has 5 aromatic rings. The number of anilines is 3. The lowest BCUT2D eigenvalue weighted by molar-refractivity contribution is 0.0971. The van der Waals surface area contributed by atoms with Crippen molar-refractivity contribution in [2.75, 3.05) is 24.9 Å². The Morgan fingerprint density at radius 1 is 0.857 bits per heavy atom. The van der Waals surface area contributed by atoms with Crippen molar-refractivity contribution in [1.29, 1.82) is 0 Å². The van der Waals surface area contributed by atoms with Crippen molar-refractivity contribution in [2.45, 2.75) is 19.3 Å². The summed E-state index contributed by atoms with van der Waals surface area (Å²) in [6, 6.07) is 23.2. The molecule has 2 aromatic heterocycles. The Morgan fingerprint density at radius 2 is 1.57 bits per heavy atom. The second-order valence-electron chi connectivity index (χ2n) is 9.91. The lowest BCUT2D eigenvalue weighted by atomic mass is 9.92. The SMILES string of the molecule is COc1cc2nccc(Nc3ccc(NC(=O)c4cc5c(n(-c6ccccc6)c4=O)CCCC5=O)cc3)c2cc1OC. The molecule has 2 N–H and O–H groups in total. The maximum Gasteiger partial charge on any atom is 0.268 e. The van der Waals surface area contributed by atoms with Gasteiger partial charge in [0.1, 0.15) is 5.56 Å². The number of para-hydroxylation sites is 1. The van der Waals surface area contributed by atoms with E-state index in [2.05, 4.69) is 15.6 Å². The van der Waals surface area contributed by atoms with Crippen molar-refractivity contribution in [3.05, 3.63) is 112 Å². The second-order valence-corrected chi connectivity index (χ2v) is 9.91. The minimum absolute atomic E-state index is 0.0647. The van der Waals surface area contributed by atoms with E-state index < -0.39 is 11.5 Å². The van der Waals surface area contributed by atoms with Gasteiger partial charge >= 0.3 is 0 Å². The molecular formula is C33H28N4O5. The number of amides is 1. The highest BCUT2D eigenvalue weighted by Gasteiger charge is 2.26. The number of ether oxygens (including phenoxy) is 2. The van der Waals surface area contributed by atoms with Gasteiger partial charge in [-0.15, -0.1) is 0 Å². The van der Waals surface area contributed by atoms with E-state index in [4.69, 9.17) is 9.47 Å². The van der Waals surface area contributed by atoms with Gasteiger partial charge in [-0.25, -0.2) is 0 Å². The molecule has 0 saturated heterocycles. The number of carbonyl (C=O) groups excluding carboxylic acids is 2. The van der Waals surface area contributed by atoms with Crippen molar-refractivity contribution < 1.29 is 19.1 Å². The number of pyridine rings is 2. The Kier molecular flexibility index (Phi) is 7.14. The van der Waals surface area contributed by atoms with Crippen molar-refractivity contribution in [2.24, 2.45) is 0 Å². The summed E-state index contributed by atoms with van der Waals surface area (Å²) in [5.41, 5.74) is 4.00. The largest absolute Gasteiger partial charge is 0.493 e. The molecule has 9 heteroatoms. The highest BCUT2D eigenvalue weighted by molar-refractivity contribution is 6.07. The van der Waals surface area contributed by atoms with Crippen molar-refractivity contribution in [3.8, 4) is 17.2 Å². The van der Waals surface area contributed by atoms with E-state index in [0.29, 0.717) is 53.4 Å². The molecule has 2 heterocycles. The summed E-state index contributed by atoms with van der Waals surface area (Å²) in [4.78, 5) is 44.2. The van der Waals surface area contributed by atoms with Gasteiger partial charge in [-0.2, -0.15) is 0 Å². The molecular weight excluding hydrogens is 532 g/mol. The molecule has 3 aromatic carbocycles. The van der Waals surface area contributed by atoms with Crippen molar-refractivity contribution in [3.63, 3.8) is 0 Å². The van der Waals surface area contributed by atoms with Crippen LogP contribution in [-0.2, 0) is 6.42 Å². The first-order chi connectivity index (χ1) is 20.5. The van der Waals surface area contributed by atoms with Gasteiger partial charge in [0.2, 0.25) is 0 Å². The van der Waals surface area contributed by atoms with Crippen LogP contribution in [0.25, 0.3) is 16.6 Å². The summed E-state index contributed by atoms with van der Waals surface area (Å²) >= 11 is 0. The number of ketones is 1. The van der Waals surface area contributed by atoms with E-state index in [-0.39, 0.29) is 11.3 Å². The number of Topliss-reactive ketones (excluding diaryl/α,β-unsaturated/α-hetero) is 1. The number of hydrogen-bond acceptors (Lipinski definition) is 7. The summed E-state index contributed by atoms with van der Waals surface area (Å²) in [5, 5.41) is 7.05. The van der Waals surface area contributed by atoms with Crippen LogP contribution in [-0.4, -0.2) is 35.5 Å². The number of nitrogens with zero attached hydrogens (tertiary/aromatic N) is 2. The fraction of sp³-hybridized carbons (Fsp3) is 0.152. The lowest BCUT2D eigenvalue weighted by Crippen LogP contribution is -2.33. The molecule has 1 aliphatic rings. The maximum atomic E-state index is 13.6. The van der Waals surface area contributed by atoms with Gasteiger partial charge in [0.05, 0.1) is 19.7 Å². The third-order valence-corrected chi connectivity index (χ3v) is 7.35. The molecule has 1 aliphatic carbocycles. The Labute approximate surface area is 241 Å². The summed E-state index contributed by atoms with van der Waals surface area (Å²) in [7, 11) is 3.16. The predicted octanol–water partition coefficient (Wildman–Crippen LogP) is 5.92. The van der Waals surface area contributed by atoms with E-state index in [1.165, 1.54) is 10.6 Å². The van der Waals surface area contributed by atoms with Gasteiger partial charge in [0, 0.05) is 58.1 Å². The van der Waals surface area contributed by atoms with Crippen LogP contribution in [0.2, 0.25) is 0 Å². The summed E-state index contributed by atoms with van der Waals surface area (Å²) < 4.78 is 12.3.